The summed E-state index contributed by atoms with van der Waals surface area (Å²) in [5.74, 6) is -0.0637. The predicted molar refractivity (Wildman–Crippen MR) is 106 cm³/mol. The van der Waals surface area contributed by atoms with Crippen LogP contribution in [0.25, 0.3) is 10.9 Å². The van der Waals surface area contributed by atoms with E-state index in [1.807, 2.05) is 24.3 Å². The molecule has 0 fully saturated rings. The summed E-state index contributed by atoms with van der Waals surface area (Å²) in [4.78, 5) is 30.9. The lowest BCUT2D eigenvalue weighted by molar-refractivity contribution is -0.130. The molecule has 0 aliphatic carbocycles. The average molecular weight is 435 g/mol. The lowest BCUT2D eigenvalue weighted by atomic mass is 10.2. The van der Waals surface area contributed by atoms with Gasteiger partial charge in [-0.15, -0.1) is 0 Å². The van der Waals surface area contributed by atoms with Crippen molar-refractivity contribution in [1.29, 1.82) is 0 Å². The molecule has 134 valence electrons. The maximum absolute atomic E-state index is 12.6. The van der Waals surface area contributed by atoms with Gasteiger partial charge in [0.15, 0.2) is 0 Å². The Bertz CT molecular complexity index is 1020. The van der Waals surface area contributed by atoms with Gasteiger partial charge in [-0.05, 0) is 29.8 Å². The number of benzene rings is 2. The fourth-order valence-electron chi connectivity index (χ4n) is 2.67. The maximum atomic E-state index is 12.6. The monoisotopic (exact) mass is 433 g/mol. The molecule has 7 heteroatoms. The first-order valence-electron chi connectivity index (χ1n) is 8.08. The van der Waals surface area contributed by atoms with Crippen molar-refractivity contribution in [3.63, 3.8) is 0 Å². The van der Waals surface area contributed by atoms with Crippen LogP contribution in [0.4, 0.5) is 0 Å². The van der Waals surface area contributed by atoms with E-state index in [1.165, 1.54) is 10.9 Å². The molecule has 1 heterocycles. The lowest BCUT2D eigenvalue weighted by Gasteiger charge is -2.18. The van der Waals surface area contributed by atoms with Crippen LogP contribution >= 0.6 is 27.5 Å². The molecule has 3 rings (SSSR count). The zero-order chi connectivity index (χ0) is 18.7. The first-order valence-corrected chi connectivity index (χ1v) is 9.25. The Morgan fingerprint density at radius 1 is 1.27 bits per heavy atom. The summed E-state index contributed by atoms with van der Waals surface area (Å²) in [6.45, 7) is 0.705. The van der Waals surface area contributed by atoms with Gasteiger partial charge in [-0.25, -0.2) is 4.98 Å². The normalized spacial score (nSPS) is 10.9. The number of aromatic nitrogens is 2. The van der Waals surface area contributed by atoms with Gasteiger partial charge in [0, 0.05) is 36.1 Å². The van der Waals surface area contributed by atoms with Gasteiger partial charge in [0.25, 0.3) is 5.56 Å². The fraction of sp³-hybridized carbons (Fsp3) is 0.211. The summed E-state index contributed by atoms with van der Waals surface area (Å²) >= 11 is 9.50. The van der Waals surface area contributed by atoms with Crippen LogP contribution in [-0.4, -0.2) is 27.4 Å². The Morgan fingerprint density at radius 2 is 2.04 bits per heavy atom. The van der Waals surface area contributed by atoms with Crippen molar-refractivity contribution in [3.05, 3.63) is 74.2 Å². The van der Waals surface area contributed by atoms with Crippen LogP contribution in [0.5, 0.6) is 0 Å². The van der Waals surface area contributed by atoms with Gasteiger partial charge in [-0.3, -0.25) is 14.2 Å². The third-order valence-corrected chi connectivity index (χ3v) is 5.01. The first kappa shape index (κ1) is 18.6. The van der Waals surface area contributed by atoms with E-state index >= 15 is 0 Å². The molecule has 0 radical (unpaired) electrons. The van der Waals surface area contributed by atoms with Crippen LogP contribution < -0.4 is 5.56 Å². The Hall–Kier alpha value is -2.18. The molecule has 0 spiro atoms. The second-order valence-corrected chi connectivity index (χ2v) is 7.32. The summed E-state index contributed by atoms with van der Waals surface area (Å²) in [6, 6.07) is 12.8. The van der Waals surface area contributed by atoms with Crippen molar-refractivity contribution in [2.24, 2.45) is 0 Å². The molecule has 0 aliphatic heterocycles. The van der Waals surface area contributed by atoms with Crippen LogP contribution in [0.15, 0.2) is 58.1 Å². The van der Waals surface area contributed by atoms with Crippen LogP contribution in [0.2, 0.25) is 5.02 Å². The molecule has 0 atom stereocenters. The average Bonchev–Trinajstić information content (AvgIpc) is 2.63. The number of rotatable bonds is 5. The molecule has 0 unspecified atom stereocenters. The molecular formula is C19H17BrClN3O2. The van der Waals surface area contributed by atoms with Gasteiger partial charge >= 0.3 is 0 Å². The maximum Gasteiger partial charge on any atom is 0.261 e. The third kappa shape index (κ3) is 4.14. The highest BCUT2D eigenvalue weighted by molar-refractivity contribution is 9.10. The molecular weight excluding hydrogens is 418 g/mol. The zero-order valence-corrected chi connectivity index (χ0v) is 16.5. The second-order valence-electron chi connectivity index (χ2n) is 6.00. The van der Waals surface area contributed by atoms with Gasteiger partial charge in [0.2, 0.25) is 5.91 Å². The summed E-state index contributed by atoms with van der Waals surface area (Å²) < 4.78 is 2.29. The summed E-state index contributed by atoms with van der Waals surface area (Å²) in [5.41, 5.74) is 1.37. The minimum Gasteiger partial charge on any atom is -0.341 e. The smallest absolute Gasteiger partial charge is 0.261 e. The Balaban J connectivity index is 1.69. The van der Waals surface area contributed by atoms with Crippen molar-refractivity contribution < 1.29 is 4.79 Å². The van der Waals surface area contributed by atoms with Crippen molar-refractivity contribution in [1.82, 2.24) is 14.5 Å². The highest BCUT2D eigenvalue weighted by Gasteiger charge is 2.12. The van der Waals surface area contributed by atoms with Crippen LogP contribution in [0.3, 0.4) is 0 Å². The highest BCUT2D eigenvalue weighted by Crippen LogP contribution is 2.17. The number of halogens is 2. The van der Waals surface area contributed by atoms with E-state index in [9.17, 15) is 9.59 Å². The first-order chi connectivity index (χ1) is 12.5. The van der Waals surface area contributed by atoms with Crippen LogP contribution in [-0.2, 0) is 17.9 Å². The molecule has 0 bridgehead atoms. The molecule has 0 N–H and O–H groups in total. The molecule has 1 amide bonds. The number of amides is 1. The highest BCUT2D eigenvalue weighted by atomic mass is 79.9. The largest absolute Gasteiger partial charge is 0.341 e. The topological polar surface area (TPSA) is 55.2 Å². The fourth-order valence-corrected chi connectivity index (χ4v) is 3.22. The van der Waals surface area contributed by atoms with E-state index < -0.39 is 0 Å². The molecule has 0 saturated heterocycles. The van der Waals surface area contributed by atoms with Gasteiger partial charge in [0.05, 0.1) is 17.2 Å². The van der Waals surface area contributed by atoms with Gasteiger partial charge in [-0.2, -0.15) is 0 Å². The zero-order valence-electron chi connectivity index (χ0n) is 14.2. The van der Waals surface area contributed by atoms with Gasteiger partial charge in [0.1, 0.15) is 0 Å². The molecule has 3 aromatic rings. The number of hydrogen-bond acceptors (Lipinski definition) is 3. The minimum absolute atomic E-state index is 0.0637. The number of nitrogens with zero attached hydrogens (tertiary/aromatic N) is 3. The molecule has 5 nitrogen and oxygen atoms in total. The molecule has 0 saturated carbocycles. The Morgan fingerprint density at radius 3 is 2.81 bits per heavy atom. The van der Waals surface area contributed by atoms with Crippen molar-refractivity contribution >= 4 is 44.3 Å². The molecule has 0 aliphatic rings. The summed E-state index contributed by atoms with van der Waals surface area (Å²) in [6.07, 6.45) is 1.70. The van der Waals surface area contributed by atoms with E-state index in [1.54, 1.807) is 30.1 Å². The number of carbonyl (C=O) groups is 1. The minimum atomic E-state index is -0.155. The van der Waals surface area contributed by atoms with Crippen molar-refractivity contribution in [2.75, 3.05) is 7.05 Å². The van der Waals surface area contributed by atoms with E-state index in [0.717, 1.165) is 10.0 Å². The molecule has 26 heavy (non-hydrogen) atoms. The van der Waals surface area contributed by atoms with Crippen molar-refractivity contribution in [3.8, 4) is 0 Å². The van der Waals surface area contributed by atoms with Gasteiger partial charge < -0.3 is 4.90 Å². The Labute approximate surface area is 164 Å². The molecule has 2 aromatic carbocycles. The number of carbonyl (C=O) groups excluding carboxylic acids is 1. The third-order valence-electron chi connectivity index (χ3n) is 4.14. The van der Waals surface area contributed by atoms with Gasteiger partial charge in [-0.1, -0.05) is 45.7 Å². The quantitative estimate of drug-likeness (QED) is 0.613. The number of fused-ring (bicyclic) bond motifs is 1. The Kier molecular flexibility index (Phi) is 5.74. The lowest BCUT2D eigenvalue weighted by Crippen LogP contribution is -2.29. The van der Waals surface area contributed by atoms with Crippen LogP contribution in [0, 0.1) is 0 Å². The summed E-state index contributed by atoms with van der Waals surface area (Å²) in [5, 5.41) is 1.16. The van der Waals surface area contributed by atoms with E-state index in [-0.39, 0.29) is 24.4 Å². The van der Waals surface area contributed by atoms with E-state index in [4.69, 9.17) is 11.6 Å². The number of hydrogen-bond donors (Lipinski definition) is 0. The van der Waals surface area contributed by atoms with E-state index in [2.05, 4.69) is 20.9 Å². The second kappa shape index (κ2) is 8.01. The summed E-state index contributed by atoms with van der Waals surface area (Å²) in [7, 11) is 1.73. The molecule has 1 aromatic heterocycles. The standard InChI is InChI=1S/C19H17BrClN3O2/c1-23(11-13-4-2-3-5-16(13)21)18(25)8-9-24-12-22-17-7-6-14(20)10-15(17)19(24)26/h2-7,10,12H,8-9,11H2,1H3. The van der Waals surface area contributed by atoms with Crippen molar-refractivity contribution in [2.45, 2.75) is 19.5 Å². The van der Waals surface area contributed by atoms with Crippen LogP contribution in [0.1, 0.15) is 12.0 Å². The van der Waals surface area contributed by atoms with E-state index in [0.29, 0.717) is 22.5 Å². The SMILES string of the molecule is CN(Cc1ccccc1Cl)C(=O)CCn1cnc2ccc(Br)cc2c1=O. The number of aryl methyl sites for hydroxylation is 1. The predicted octanol–water partition coefficient (Wildman–Crippen LogP) is 3.86.